The van der Waals surface area contributed by atoms with Crippen LogP contribution in [-0.4, -0.2) is 37.4 Å². The van der Waals surface area contributed by atoms with E-state index in [4.69, 9.17) is 4.74 Å². The van der Waals surface area contributed by atoms with Crippen molar-refractivity contribution in [3.8, 4) is 5.75 Å². The lowest BCUT2D eigenvalue weighted by molar-refractivity contribution is -0.116. The first-order chi connectivity index (χ1) is 11.4. The largest absolute Gasteiger partial charge is 0.497 e. The molecule has 0 radical (unpaired) electrons. The van der Waals surface area contributed by atoms with Gasteiger partial charge in [0.1, 0.15) is 11.6 Å². The average Bonchev–Trinajstić information content (AvgIpc) is 2.54. The minimum atomic E-state index is -0.447. The molecular formula is C17H16BrFN2O3. The molecule has 0 aliphatic rings. The minimum absolute atomic E-state index is 0.139. The van der Waals surface area contributed by atoms with Gasteiger partial charge in [-0.3, -0.25) is 9.59 Å². The summed E-state index contributed by atoms with van der Waals surface area (Å²) in [5, 5.41) is 2.69. The number of rotatable bonds is 5. The van der Waals surface area contributed by atoms with Crippen molar-refractivity contribution < 1.29 is 18.7 Å². The summed E-state index contributed by atoms with van der Waals surface area (Å²) >= 11 is 3.15. The molecule has 0 fully saturated rings. The van der Waals surface area contributed by atoms with E-state index >= 15 is 0 Å². The molecule has 0 aliphatic heterocycles. The summed E-state index contributed by atoms with van der Waals surface area (Å²) in [6.07, 6.45) is 0. The van der Waals surface area contributed by atoms with Crippen LogP contribution in [0, 0.1) is 5.82 Å². The molecular weight excluding hydrogens is 379 g/mol. The zero-order valence-electron chi connectivity index (χ0n) is 13.2. The van der Waals surface area contributed by atoms with E-state index in [0.717, 1.165) is 0 Å². The van der Waals surface area contributed by atoms with E-state index in [1.807, 2.05) is 0 Å². The number of carbonyl (C=O) groups excluding carboxylic acids is 2. The van der Waals surface area contributed by atoms with Crippen molar-refractivity contribution in [1.82, 2.24) is 4.90 Å². The van der Waals surface area contributed by atoms with Crippen LogP contribution in [-0.2, 0) is 4.79 Å². The Balaban J connectivity index is 2.01. The first-order valence-corrected chi connectivity index (χ1v) is 7.84. The molecule has 0 aromatic heterocycles. The van der Waals surface area contributed by atoms with Crippen molar-refractivity contribution in [2.45, 2.75) is 0 Å². The Bertz CT molecular complexity index is 767. The van der Waals surface area contributed by atoms with E-state index in [0.29, 0.717) is 15.9 Å². The third kappa shape index (κ3) is 4.55. The van der Waals surface area contributed by atoms with Gasteiger partial charge in [0.05, 0.1) is 19.2 Å². The van der Waals surface area contributed by atoms with Gasteiger partial charge in [-0.15, -0.1) is 0 Å². The predicted molar refractivity (Wildman–Crippen MR) is 92.7 cm³/mol. The van der Waals surface area contributed by atoms with Gasteiger partial charge in [0, 0.05) is 23.3 Å². The summed E-state index contributed by atoms with van der Waals surface area (Å²) < 4.78 is 18.5. The Labute approximate surface area is 147 Å². The highest BCUT2D eigenvalue weighted by atomic mass is 79.9. The molecule has 0 spiro atoms. The quantitative estimate of drug-likeness (QED) is 0.845. The number of methoxy groups -OCH3 is 1. The van der Waals surface area contributed by atoms with E-state index in [1.54, 1.807) is 24.3 Å². The third-order valence-corrected chi connectivity index (χ3v) is 3.90. The third-order valence-electron chi connectivity index (χ3n) is 3.24. The zero-order chi connectivity index (χ0) is 17.7. The van der Waals surface area contributed by atoms with Crippen LogP contribution in [0.15, 0.2) is 46.9 Å². The first-order valence-electron chi connectivity index (χ1n) is 7.05. The monoisotopic (exact) mass is 394 g/mol. The summed E-state index contributed by atoms with van der Waals surface area (Å²) in [6.45, 7) is -0.139. The highest BCUT2D eigenvalue weighted by Crippen LogP contribution is 2.20. The fraction of sp³-hybridized carbons (Fsp3) is 0.176. The zero-order valence-corrected chi connectivity index (χ0v) is 14.8. The van der Waals surface area contributed by atoms with Crippen molar-refractivity contribution >= 4 is 33.4 Å². The Kier molecular flexibility index (Phi) is 5.92. The molecule has 0 saturated heterocycles. The number of nitrogens with one attached hydrogen (secondary N) is 1. The van der Waals surface area contributed by atoms with Crippen LogP contribution in [0.1, 0.15) is 10.4 Å². The maximum Gasteiger partial charge on any atom is 0.255 e. The molecule has 2 rings (SSSR count). The van der Waals surface area contributed by atoms with Gasteiger partial charge in [-0.1, -0.05) is 6.07 Å². The highest BCUT2D eigenvalue weighted by molar-refractivity contribution is 9.10. The number of amides is 2. The van der Waals surface area contributed by atoms with Gasteiger partial charge in [0.25, 0.3) is 5.91 Å². The Morgan fingerprint density at radius 3 is 2.67 bits per heavy atom. The maximum atomic E-state index is 13.1. The number of carbonyl (C=O) groups is 2. The second kappa shape index (κ2) is 7.92. The van der Waals surface area contributed by atoms with E-state index in [2.05, 4.69) is 21.2 Å². The number of anilines is 1. The van der Waals surface area contributed by atoms with Crippen LogP contribution in [0.3, 0.4) is 0 Å². The van der Waals surface area contributed by atoms with Crippen molar-refractivity contribution in [3.05, 3.63) is 58.3 Å². The molecule has 0 saturated carbocycles. The highest BCUT2D eigenvalue weighted by Gasteiger charge is 2.18. The number of likely N-dealkylation sites (N-methyl/N-ethyl adjacent to an activating group) is 1. The SMILES string of the molecule is COc1cccc(NC(=O)CN(C)C(=O)c2ccc(F)cc2Br)c1. The van der Waals surface area contributed by atoms with Gasteiger partial charge in [-0.05, 0) is 46.3 Å². The summed E-state index contributed by atoms with van der Waals surface area (Å²) in [7, 11) is 3.04. The topological polar surface area (TPSA) is 58.6 Å². The molecule has 0 heterocycles. The van der Waals surface area contributed by atoms with Gasteiger partial charge in [-0.2, -0.15) is 0 Å². The summed E-state index contributed by atoms with van der Waals surface area (Å²) in [4.78, 5) is 25.7. The van der Waals surface area contributed by atoms with E-state index < -0.39 is 5.82 Å². The van der Waals surface area contributed by atoms with Crippen molar-refractivity contribution in [1.29, 1.82) is 0 Å². The van der Waals surface area contributed by atoms with Crippen LogP contribution < -0.4 is 10.1 Å². The van der Waals surface area contributed by atoms with E-state index in [-0.39, 0.29) is 23.9 Å². The maximum absolute atomic E-state index is 13.1. The molecule has 2 aromatic rings. The lowest BCUT2D eigenvalue weighted by atomic mass is 10.2. The van der Waals surface area contributed by atoms with Crippen molar-refractivity contribution in [2.24, 2.45) is 0 Å². The molecule has 0 bridgehead atoms. The van der Waals surface area contributed by atoms with Crippen LogP contribution in [0.4, 0.5) is 10.1 Å². The molecule has 2 aromatic carbocycles. The molecule has 0 aliphatic carbocycles. The number of hydrogen-bond donors (Lipinski definition) is 1. The summed E-state index contributed by atoms with van der Waals surface area (Å²) in [5.74, 6) is -0.565. The lowest BCUT2D eigenvalue weighted by Gasteiger charge is -2.17. The van der Waals surface area contributed by atoms with Gasteiger partial charge < -0.3 is 15.0 Å². The standard InChI is InChI=1S/C17H16BrFN2O3/c1-21(17(23)14-7-6-11(19)8-15(14)18)10-16(22)20-12-4-3-5-13(9-12)24-2/h3-9H,10H2,1-2H3,(H,20,22). The smallest absolute Gasteiger partial charge is 0.255 e. The van der Waals surface area contributed by atoms with Gasteiger partial charge in [-0.25, -0.2) is 4.39 Å². The van der Waals surface area contributed by atoms with Gasteiger partial charge in [0.15, 0.2) is 0 Å². The molecule has 5 nitrogen and oxygen atoms in total. The number of nitrogens with zero attached hydrogens (tertiary/aromatic N) is 1. The van der Waals surface area contributed by atoms with Gasteiger partial charge >= 0.3 is 0 Å². The normalized spacial score (nSPS) is 10.2. The number of benzene rings is 2. The molecule has 0 unspecified atom stereocenters. The van der Waals surface area contributed by atoms with Crippen LogP contribution in [0.2, 0.25) is 0 Å². The lowest BCUT2D eigenvalue weighted by Crippen LogP contribution is -2.35. The fourth-order valence-corrected chi connectivity index (χ4v) is 2.58. The first kappa shape index (κ1) is 17.9. The molecule has 7 heteroatoms. The predicted octanol–water partition coefficient (Wildman–Crippen LogP) is 3.31. The van der Waals surface area contributed by atoms with Crippen LogP contribution >= 0.6 is 15.9 Å². The van der Waals surface area contributed by atoms with Crippen molar-refractivity contribution in [3.63, 3.8) is 0 Å². The second-order valence-corrected chi connectivity index (χ2v) is 5.92. The van der Waals surface area contributed by atoms with E-state index in [1.165, 1.54) is 37.3 Å². The number of halogens is 2. The molecule has 126 valence electrons. The molecule has 1 N–H and O–H groups in total. The molecule has 0 atom stereocenters. The Morgan fingerprint density at radius 2 is 2.00 bits per heavy atom. The van der Waals surface area contributed by atoms with Crippen LogP contribution in [0.25, 0.3) is 0 Å². The fourth-order valence-electron chi connectivity index (χ4n) is 2.06. The number of hydrogen-bond acceptors (Lipinski definition) is 3. The summed E-state index contributed by atoms with van der Waals surface area (Å²) in [5.41, 5.74) is 0.858. The second-order valence-electron chi connectivity index (χ2n) is 5.07. The van der Waals surface area contributed by atoms with Crippen LogP contribution in [0.5, 0.6) is 5.75 Å². The number of ether oxygens (including phenoxy) is 1. The van der Waals surface area contributed by atoms with E-state index in [9.17, 15) is 14.0 Å². The average molecular weight is 395 g/mol. The van der Waals surface area contributed by atoms with Crippen molar-refractivity contribution in [2.75, 3.05) is 26.0 Å². The molecule has 24 heavy (non-hydrogen) atoms. The summed E-state index contributed by atoms with van der Waals surface area (Å²) in [6, 6.07) is 10.7. The molecule has 2 amide bonds. The minimum Gasteiger partial charge on any atom is -0.497 e. The van der Waals surface area contributed by atoms with Gasteiger partial charge in [0.2, 0.25) is 5.91 Å². The Hall–Kier alpha value is -2.41. The Morgan fingerprint density at radius 1 is 1.25 bits per heavy atom.